The summed E-state index contributed by atoms with van der Waals surface area (Å²) >= 11 is 0. The lowest BCUT2D eigenvalue weighted by Gasteiger charge is -2.31. The van der Waals surface area contributed by atoms with E-state index in [1.165, 1.54) is 10.8 Å². The first kappa shape index (κ1) is 12.3. The van der Waals surface area contributed by atoms with E-state index in [2.05, 4.69) is 59.9 Å². The minimum Gasteiger partial charge on any atom is -0.371 e. The van der Waals surface area contributed by atoms with E-state index in [1.807, 2.05) is 6.07 Å². The van der Waals surface area contributed by atoms with Crippen molar-refractivity contribution in [3.05, 3.63) is 70.7 Å². The molecule has 0 amide bonds. The Morgan fingerprint density at radius 1 is 0.905 bits per heavy atom. The van der Waals surface area contributed by atoms with Crippen molar-refractivity contribution in [1.29, 1.82) is 0 Å². The first-order valence-electron chi connectivity index (χ1n) is 7.35. The first-order valence-corrected chi connectivity index (χ1v) is 7.35. The molecule has 1 unspecified atom stereocenters. The van der Waals surface area contributed by atoms with Gasteiger partial charge in [0.2, 0.25) is 0 Å². The van der Waals surface area contributed by atoms with Crippen LogP contribution in [0.5, 0.6) is 0 Å². The minimum atomic E-state index is -0.258. The van der Waals surface area contributed by atoms with Crippen LogP contribution >= 0.6 is 0 Å². The van der Waals surface area contributed by atoms with Crippen molar-refractivity contribution in [3.8, 4) is 0 Å². The van der Waals surface area contributed by atoms with Crippen LogP contribution in [0, 0.1) is 0 Å². The van der Waals surface area contributed by atoms with Crippen LogP contribution < -0.4 is 15.9 Å². The number of hydrogen-bond donors (Lipinski definition) is 1. The number of nitrogens with zero attached hydrogens (tertiary/aromatic N) is 2. The zero-order valence-electron chi connectivity index (χ0n) is 11.8. The molecule has 0 spiro atoms. The largest absolute Gasteiger partial charge is 0.371 e. The summed E-state index contributed by atoms with van der Waals surface area (Å²) < 4.78 is 0. The molecular formula is C18H17N3. The topological polar surface area (TPSA) is 36.8 Å². The van der Waals surface area contributed by atoms with E-state index >= 15 is 0 Å². The Labute approximate surface area is 123 Å². The third-order valence-corrected chi connectivity index (χ3v) is 4.22. The van der Waals surface area contributed by atoms with Gasteiger partial charge < -0.3 is 5.32 Å². The van der Waals surface area contributed by atoms with Crippen LogP contribution in [-0.4, -0.2) is 25.5 Å². The number of fused-ring (bicyclic) bond motifs is 1. The summed E-state index contributed by atoms with van der Waals surface area (Å²) in [5.74, 6) is 1.05. The molecule has 21 heavy (non-hydrogen) atoms. The molecule has 0 saturated carbocycles. The smallest absolute Gasteiger partial charge is 0.113 e. The van der Waals surface area contributed by atoms with Crippen molar-refractivity contribution in [2.24, 2.45) is 9.98 Å². The second-order valence-electron chi connectivity index (χ2n) is 5.51. The molecule has 2 heterocycles. The molecule has 1 N–H and O–H groups in total. The van der Waals surface area contributed by atoms with Gasteiger partial charge in [-0.25, -0.2) is 0 Å². The van der Waals surface area contributed by atoms with Gasteiger partial charge in [0.25, 0.3) is 0 Å². The van der Waals surface area contributed by atoms with E-state index in [4.69, 9.17) is 9.98 Å². The summed E-state index contributed by atoms with van der Waals surface area (Å²) in [6.45, 7) is 2.47. The van der Waals surface area contributed by atoms with E-state index in [0.29, 0.717) is 6.54 Å². The molecule has 4 rings (SSSR count). The normalized spacial score (nSPS) is 23.3. The fourth-order valence-electron chi connectivity index (χ4n) is 3.16. The molecule has 104 valence electrons. The van der Waals surface area contributed by atoms with Gasteiger partial charge in [0.15, 0.2) is 0 Å². The quantitative estimate of drug-likeness (QED) is 0.873. The lowest BCUT2D eigenvalue weighted by atomic mass is 9.77. The van der Waals surface area contributed by atoms with Crippen molar-refractivity contribution >= 4 is 11.9 Å². The van der Waals surface area contributed by atoms with Gasteiger partial charge >= 0.3 is 0 Å². The molecule has 0 bridgehead atoms. The van der Waals surface area contributed by atoms with Crippen molar-refractivity contribution in [2.45, 2.75) is 5.41 Å². The summed E-state index contributed by atoms with van der Waals surface area (Å²) in [5, 5.41) is 5.71. The molecule has 3 heteroatoms. The highest BCUT2D eigenvalue weighted by molar-refractivity contribution is 6.00. The van der Waals surface area contributed by atoms with E-state index in [9.17, 15) is 0 Å². The molecule has 0 aliphatic carbocycles. The maximum atomic E-state index is 4.82. The predicted octanol–water partition coefficient (Wildman–Crippen LogP) is 1.04. The van der Waals surface area contributed by atoms with Crippen molar-refractivity contribution in [2.75, 3.05) is 19.6 Å². The number of nitrogens with one attached hydrogen (secondary N) is 1. The highest BCUT2D eigenvalue weighted by atomic mass is 15.1. The van der Waals surface area contributed by atoms with Crippen molar-refractivity contribution in [1.82, 2.24) is 5.32 Å². The molecule has 2 aliphatic rings. The fourth-order valence-corrected chi connectivity index (χ4v) is 3.16. The van der Waals surface area contributed by atoms with Gasteiger partial charge in [-0.15, -0.1) is 0 Å². The number of rotatable bonds is 2. The Morgan fingerprint density at radius 2 is 1.71 bits per heavy atom. The molecule has 2 aliphatic heterocycles. The lowest BCUT2D eigenvalue weighted by Crippen LogP contribution is -2.48. The molecule has 3 nitrogen and oxygen atoms in total. The zero-order chi connectivity index (χ0) is 14.1. The van der Waals surface area contributed by atoms with Crippen LogP contribution in [0.25, 0.3) is 6.08 Å². The Bertz CT molecular complexity index is 808. The maximum absolute atomic E-state index is 4.82. The molecule has 0 fully saturated rings. The fraction of sp³-hybridized carbons (Fsp3) is 0.222. The van der Waals surface area contributed by atoms with Gasteiger partial charge in [-0.2, -0.15) is 0 Å². The SMILES string of the molecule is C1=c2ccccc2=NCC1(C1=NCCN1)c1ccccc1. The first-order chi connectivity index (χ1) is 10.4. The summed E-state index contributed by atoms with van der Waals surface area (Å²) in [4.78, 5) is 9.51. The van der Waals surface area contributed by atoms with E-state index in [1.54, 1.807) is 0 Å². The summed E-state index contributed by atoms with van der Waals surface area (Å²) in [7, 11) is 0. The number of para-hydroxylation sites is 1. The highest BCUT2D eigenvalue weighted by Crippen LogP contribution is 2.29. The molecule has 0 aromatic heterocycles. The van der Waals surface area contributed by atoms with Crippen molar-refractivity contribution < 1.29 is 0 Å². The van der Waals surface area contributed by atoms with Crippen LogP contribution in [0.4, 0.5) is 0 Å². The Balaban J connectivity index is 1.97. The molecule has 0 radical (unpaired) electrons. The second kappa shape index (κ2) is 4.85. The summed E-state index contributed by atoms with van der Waals surface area (Å²) in [6, 6.07) is 18.9. The van der Waals surface area contributed by atoms with Crippen LogP contribution in [0.2, 0.25) is 0 Å². The van der Waals surface area contributed by atoms with Gasteiger partial charge in [-0.3, -0.25) is 9.98 Å². The number of benzene rings is 2. The summed E-state index contributed by atoms with van der Waals surface area (Å²) in [6.07, 6.45) is 2.32. The third kappa shape index (κ3) is 1.97. The van der Waals surface area contributed by atoms with E-state index < -0.39 is 0 Å². The van der Waals surface area contributed by atoms with Crippen LogP contribution in [-0.2, 0) is 5.41 Å². The molecular weight excluding hydrogens is 258 g/mol. The average molecular weight is 275 g/mol. The molecule has 2 aromatic carbocycles. The highest BCUT2D eigenvalue weighted by Gasteiger charge is 2.38. The van der Waals surface area contributed by atoms with Gasteiger partial charge in [0.05, 0.1) is 23.9 Å². The Kier molecular flexibility index (Phi) is 2.85. The molecule has 0 saturated heterocycles. The number of hydrogen-bond acceptors (Lipinski definition) is 3. The van der Waals surface area contributed by atoms with Crippen LogP contribution in [0.3, 0.4) is 0 Å². The summed E-state index contributed by atoms with van der Waals surface area (Å²) in [5.41, 5.74) is 0.989. The monoisotopic (exact) mass is 275 g/mol. The lowest BCUT2D eigenvalue weighted by molar-refractivity contribution is 0.713. The van der Waals surface area contributed by atoms with Crippen LogP contribution in [0.15, 0.2) is 64.6 Å². The number of amidine groups is 1. The number of aliphatic imine (C=N–C) groups is 1. The Hall–Kier alpha value is -2.42. The van der Waals surface area contributed by atoms with Crippen molar-refractivity contribution in [3.63, 3.8) is 0 Å². The molecule has 2 aromatic rings. The van der Waals surface area contributed by atoms with E-state index in [0.717, 1.165) is 24.3 Å². The minimum absolute atomic E-state index is 0.258. The average Bonchev–Trinajstić information content (AvgIpc) is 3.10. The Morgan fingerprint density at radius 3 is 2.52 bits per heavy atom. The zero-order valence-corrected chi connectivity index (χ0v) is 11.8. The predicted molar refractivity (Wildman–Crippen MR) is 85.0 cm³/mol. The molecule has 1 atom stereocenters. The van der Waals surface area contributed by atoms with Gasteiger partial charge in [-0.05, 0) is 16.8 Å². The third-order valence-electron chi connectivity index (χ3n) is 4.22. The second-order valence-corrected chi connectivity index (χ2v) is 5.51. The van der Waals surface area contributed by atoms with Gasteiger partial charge in [-0.1, -0.05) is 54.6 Å². The van der Waals surface area contributed by atoms with Gasteiger partial charge in [0.1, 0.15) is 5.84 Å². The standard InChI is InChI=1S/C18H17N3/c1-2-7-15(8-3-1)18(17-19-10-11-20-17)12-14-6-4-5-9-16(14)21-13-18/h1-9,12H,10-11,13H2,(H,19,20). The van der Waals surface area contributed by atoms with Crippen LogP contribution in [0.1, 0.15) is 5.56 Å². The maximum Gasteiger partial charge on any atom is 0.113 e. The van der Waals surface area contributed by atoms with Gasteiger partial charge in [0, 0.05) is 6.54 Å². The van der Waals surface area contributed by atoms with E-state index in [-0.39, 0.29) is 5.41 Å².